The molecule has 34 heavy (non-hydrogen) atoms. The van der Waals surface area contributed by atoms with Gasteiger partial charge in [0.1, 0.15) is 16.8 Å². The number of ketones is 1. The van der Waals surface area contributed by atoms with Crippen molar-refractivity contribution in [2.24, 2.45) is 5.92 Å². The lowest BCUT2D eigenvalue weighted by molar-refractivity contribution is -0.143. The van der Waals surface area contributed by atoms with Crippen molar-refractivity contribution in [2.45, 2.75) is 44.2 Å². The number of hydrogen-bond acceptors (Lipinski definition) is 5. The Hall–Kier alpha value is -3.10. The van der Waals surface area contributed by atoms with E-state index in [1.807, 2.05) is 0 Å². The molecule has 0 bridgehead atoms. The summed E-state index contributed by atoms with van der Waals surface area (Å²) in [6.45, 7) is 0. The second kappa shape index (κ2) is 11.4. The first-order chi connectivity index (χ1) is 16.2. The van der Waals surface area contributed by atoms with E-state index in [2.05, 4.69) is 5.32 Å². The maximum absolute atomic E-state index is 12.7. The Kier molecular flexibility index (Phi) is 8.52. The smallest absolute Gasteiger partial charge is 0.326 e. The summed E-state index contributed by atoms with van der Waals surface area (Å²) in [6.07, 6.45) is 0.403. The summed E-state index contributed by atoms with van der Waals surface area (Å²) in [5.74, 6) is -3.35. The zero-order valence-corrected chi connectivity index (χ0v) is 19.5. The molecule has 1 aliphatic carbocycles. The highest BCUT2D eigenvalue weighted by Gasteiger charge is 2.34. The van der Waals surface area contributed by atoms with E-state index in [0.717, 1.165) is 0 Å². The molecule has 2 aromatic rings. The molecule has 0 aromatic heterocycles. The van der Waals surface area contributed by atoms with Crippen molar-refractivity contribution in [3.8, 4) is 5.75 Å². The van der Waals surface area contributed by atoms with Gasteiger partial charge in [0.15, 0.2) is 5.78 Å². The number of hydrogen-bond donors (Lipinski definition) is 3. The van der Waals surface area contributed by atoms with Crippen LogP contribution in [0.25, 0.3) is 0 Å². The van der Waals surface area contributed by atoms with E-state index in [1.165, 1.54) is 6.07 Å². The molecule has 8 nitrogen and oxygen atoms in total. The maximum Gasteiger partial charge on any atom is 0.326 e. The maximum atomic E-state index is 12.7. The van der Waals surface area contributed by atoms with Gasteiger partial charge in [-0.3, -0.25) is 14.4 Å². The first kappa shape index (κ1) is 25.5. The van der Waals surface area contributed by atoms with Crippen LogP contribution in [0.5, 0.6) is 5.75 Å². The Balaban J connectivity index is 1.62. The molecule has 3 unspecified atom stereocenters. The van der Waals surface area contributed by atoms with Crippen LogP contribution in [0, 0.1) is 5.92 Å². The zero-order valence-electron chi connectivity index (χ0n) is 18.0. The predicted octanol–water partition coefficient (Wildman–Crippen LogP) is 4.21. The van der Waals surface area contributed by atoms with E-state index in [4.69, 9.17) is 33.0 Å². The SMILES string of the molecule is O=C(O)CCC(NC(=O)C1CCC(Oc2ccc(C(=O)c3ccccc3)c(Cl)c2Cl)C1)C(=O)O. The Morgan fingerprint density at radius 2 is 1.71 bits per heavy atom. The average Bonchev–Trinajstić information content (AvgIpc) is 3.28. The second-order valence-corrected chi connectivity index (χ2v) is 8.77. The van der Waals surface area contributed by atoms with Gasteiger partial charge in [0.25, 0.3) is 0 Å². The van der Waals surface area contributed by atoms with Gasteiger partial charge >= 0.3 is 11.9 Å². The zero-order chi connectivity index (χ0) is 24.8. The first-order valence-electron chi connectivity index (χ1n) is 10.7. The van der Waals surface area contributed by atoms with E-state index >= 15 is 0 Å². The third kappa shape index (κ3) is 6.27. The number of benzene rings is 2. The number of carbonyl (C=O) groups excluding carboxylic acids is 2. The quantitative estimate of drug-likeness (QED) is 0.410. The third-order valence-corrected chi connectivity index (χ3v) is 6.50. The molecule has 0 spiro atoms. The summed E-state index contributed by atoms with van der Waals surface area (Å²) >= 11 is 12.7. The minimum Gasteiger partial charge on any atom is -0.489 e. The van der Waals surface area contributed by atoms with Crippen molar-refractivity contribution in [3.63, 3.8) is 0 Å². The molecule has 180 valence electrons. The van der Waals surface area contributed by atoms with Gasteiger partial charge in [0.2, 0.25) is 5.91 Å². The summed E-state index contributed by atoms with van der Waals surface area (Å²) in [5, 5.41) is 20.6. The fourth-order valence-electron chi connectivity index (χ4n) is 3.82. The van der Waals surface area contributed by atoms with Crippen LogP contribution in [-0.2, 0) is 14.4 Å². The monoisotopic (exact) mass is 507 g/mol. The minimum absolute atomic E-state index is 0.0723. The molecule has 1 fully saturated rings. The Labute approximate surface area is 205 Å². The molecule has 1 aliphatic rings. The second-order valence-electron chi connectivity index (χ2n) is 8.02. The molecule has 0 saturated heterocycles. The van der Waals surface area contributed by atoms with Gasteiger partial charge in [-0.25, -0.2) is 4.79 Å². The van der Waals surface area contributed by atoms with Gasteiger partial charge in [-0.15, -0.1) is 0 Å². The average molecular weight is 508 g/mol. The Bertz CT molecular complexity index is 1090. The normalized spacial score (nSPS) is 18.2. The molecular weight excluding hydrogens is 485 g/mol. The van der Waals surface area contributed by atoms with Crippen LogP contribution in [-0.4, -0.2) is 46.0 Å². The highest BCUT2D eigenvalue weighted by Crippen LogP contribution is 2.38. The van der Waals surface area contributed by atoms with Gasteiger partial charge in [-0.1, -0.05) is 53.5 Å². The number of carboxylic acids is 2. The van der Waals surface area contributed by atoms with Crippen LogP contribution in [0.3, 0.4) is 0 Å². The number of rotatable bonds is 10. The molecule has 1 saturated carbocycles. The lowest BCUT2D eigenvalue weighted by Crippen LogP contribution is -2.43. The molecule has 10 heteroatoms. The summed E-state index contributed by atoms with van der Waals surface area (Å²) < 4.78 is 5.94. The van der Waals surface area contributed by atoms with E-state index in [9.17, 15) is 24.3 Å². The van der Waals surface area contributed by atoms with E-state index < -0.39 is 29.8 Å². The third-order valence-electron chi connectivity index (χ3n) is 5.64. The van der Waals surface area contributed by atoms with Crippen LogP contribution in [0.15, 0.2) is 42.5 Å². The highest BCUT2D eigenvalue weighted by atomic mass is 35.5. The van der Waals surface area contributed by atoms with Crippen LogP contribution in [0.2, 0.25) is 10.0 Å². The number of carboxylic acid groups (broad SMARTS) is 2. The van der Waals surface area contributed by atoms with Crippen molar-refractivity contribution in [1.29, 1.82) is 0 Å². The van der Waals surface area contributed by atoms with Gasteiger partial charge in [-0.2, -0.15) is 0 Å². The number of amides is 1. The Morgan fingerprint density at radius 1 is 1.00 bits per heavy atom. The number of nitrogens with one attached hydrogen (secondary N) is 1. The van der Waals surface area contributed by atoms with Gasteiger partial charge < -0.3 is 20.3 Å². The number of carbonyl (C=O) groups is 4. The van der Waals surface area contributed by atoms with Crippen molar-refractivity contribution in [3.05, 3.63) is 63.6 Å². The largest absolute Gasteiger partial charge is 0.489 e. The summed E-state index contributed by atoms with van der Waals surface area (Å²) in [7, 11) is 0. The van der Waals surface area contributed by atoms with Crippen molar-refractivity contribution in [1.82, 2.24) is 5.32 Å². The van der Waals surface area contributed by atoms with E-state index in [0.29, 0.717) is 24.8 Å². The number of halogens is 2. The summed E-state index contributed by atoms with van der Waals surface area (Å²) in [5.41, 5.74) is 0.719. The first-order valence-corrected chi connectivity index (χ1v) is 11.4. The topological polar surface area (TPSA) is 130 Å². The van der Waals surface area contributed by atoms with E-state index in [-0.39, 0.29) is 46.1 Å². The highest BCUT2D eigenvalue weighted by molar-refractivity contribution is 6.45. The molecular formula is C24H23Cl2NO7. The molecule has 3 atom stereocenters. The standard InChI is InChI=1S/C24H23Cl2NO7/c25-20-16(22(30)13-4-2-1-3-5-13)8-10-18(21(20)26)34-15-7-6-14(12-15)23(31)27-17(24(32)33)9-11-19(28)29/h1-5,8,10,14-15,17H,6-7,9,11-12H2,(H,27,31)(H,28,29)(H,32,33). The molecule has 0 aliphatic heterocycles. The van der Waals surface area contributed by atoms with Gasteiger partial charge in [0.05, 0.1) is 11.1 Å². The van der Waals surface area contributed by atoms with Gasteiger partial charge in [0, 0.05) is 23.5 Å². The van der Waals surface area contributed by atoms with Crippen LogP contribution < -0.4 is 10.1 Å². The number of ether oxygens (including phenoxy) is 1. The minimum atomic E-state index is -1.29. The van der Waals surface area contributed by atoms with Gasteiger partial charge in [-0.05, 0) is 37.8 Å². The van der Waals surface area contributed by atoms with Crippen LogP contribution >= 0.6 is 23.2 Å². The molecule has 1 amide bonds. The fraction of sp³-hybridized carbons (Fsp3) is 0.333. The molecule has 0 radical (unpaired) electrons. The molecule has 3 rings (SSSR count). The Morgan fingerprint density at radius 3 is 2.35 bits per heavy atom. The predicted molar refractivity (Wildman–Crippen MR) is 125 cm³/mol. The molecule has 0 heterocycles. The fourth-order valence-corrected chi connectivity index (χ4v) is 4.27. The van der Waals surface area contributed by atoms with Crippen LogP contribution in [0.4, 0.5) is 0 Å². The van der Waals surface area contributed by atoms with Crippen LogP contribution in [0.1, 0.15) is 48.0 Å². The van der Waals surface area contributed by atoms with Crippen molar-refractivity contribution >= 4 is 46.8 Å². The lowest BCUT2D eigenvalue weighted by Gasteiger charge is -2.18. The number of aliphatic carboxylic acids is 2. The lowest BCUT2D eigenvalue weighted by atomic mass is 10.0. The summed E-state index contributed by atoms with van der Waals surface area (Å²) in [4.78, 5) is 47.3. The summed E-state index contributed by atoms with van der Waals surface area (Å²) in [6, 6.07) is 10.5. The van der Waals surface area contributed by atoms with E-state index in [1.54, 1.807) is 36.4 Å². The molecule has 2 aromatic carbocycles. The van der Waals surface area contributed by atoms with Crippen molar-refractivity contribution in [2.75, 3.05) is 0 Å². The molecule has 3 N–H and O–H groups in total. The van der Waals surface area contributed by atoms with Crippen molar-refractivity contribution < 1.29 is 34.1 Å².